The maximum Gasteiger partial charge on any atom is 0.148 e. The van der Waals surface area contributed by atoms with Gasteiger partial charge in [0, 0.05) is 23.4 Å². The van der Waals surface area contributed by atoms with Crippen molar-refractivity contribution in [3.63, 3.8) is 0 Å². The predicted octanol–water partition coefficient (Wildman–Crippen LogP) is 3.71. The molecule has 2 nitrogen and oxygen atoms in total. The number of nitrogens with one attached hydrogen (secondary N) is 1. The van der Waals surface area contributed by atoms with Gasteiger partial charge in [0.1, 0.15) is 12.4 Å². The van der Waals surface area contributed by atoms with Gasteiger partial charge in [-0.2, -0.15) is 11.8 Å². The molecule has 20 heavy (non-hydrogen) atoms. The lowest BCUT2D eigenvalue weighted by Crippen LogP contribution is -2.36. The van der Waals surface area contributed by atoms with Crippen molar-refractivity contribution < 1.29 is 4.74 Å². The second kappa shape index (κ2) is 8.94. The van der Waals surface area contributed by atoms with E-state index in [-0.39, 0.29) is 0 Å². The Morgan fingerprint density at radius 1 is 1.30 bits per heavy atom. The molecule has 0 unspecified atom stereocenters. The van der Waals surface area contributed by atoms with E-state index in [4.69, 9.17) is 11.2 Å². The van der Waals surface area contributed by atoms with Gasteiger partial charge in [-0.05, 0) is 25.2 Å². The normalized spacial score (nSPS) is 11.1. The SMILES string of the molecule is C#CCOc1ccccc1CNCC(CC)(CC)SC. The molecule has 1 N–H and O–H groups in total. The molecule has 0 amide bonds. The average molecular weight is 291 g/mol. The number of thioether (sulfide) groups is 1. The van der Waals surface area contributed by atoms with E-state index >= 15 is 0 Å². The number of benzene rings is 1. The number of hydrogen-bond acceptors (Lipinski definition) is 3. The first-order chi connectivity index (χ1) is 9.71. The lowest BCUT2D eigenvalue weighted by molar-refractivity contribution is 0.364. The van der Waals surface area contributed by atoms with Crippen LogP contribution in [0.4, 0.5) is 0 Å². The highest BCUT2D eigenvalue weighted by atomic mass is 32.2. The van der Waals surface area contributed by atoms with Gasteiger partial charge in [-0.25, -0.2) is 0 Å². The van der Waals surface area contributed by atoms with E-state index in [0.717, 1.165) is 24.4 Å². The molecule has 0 heterocycles. The van der Waals surface area contributed by atoms with Crippen molar-refractivity contribution in [3.8, 4) is 18.1 Å². The lowest BCUT2D eigenvalue weighted by atomic mass is 10.0. The molecular weight excluding hydrogens is 266 g/mol. The summed E-state index contributed by atoms with van der Waals surface area (Å²) in [5, 5.41) is 3.56. The molecule has 0 aliphatic rings. The Labute approximate surface area is 127 Å². The molecule has 0 fully saturated rings. The first kappa shape index (κ1) is 16.9. The van der Waals surface area contributed by atoms with Gasteiger partial charge in [0.05, 0.1) is 0 Å². The molecule has 1 aromatic rings. The summed E-state index contributed by atoms with van der Waals surface area (Å²) < 4.78 is 5.89. The summed E-state index contributed by atoms with van der Waals surface area (Å²) in [5.41, 5.74) is 1.16. The van der Waals surface area contributed by atoms with Crippen molar-refractivity contribution in [2.45, 2.75) is 38.0 Å². The Bertz CT molecular complexity index is 427. The maximum absolute atomic E-state index is 5.57. The van der Waals surface area contributed by atoms with Gasteiger partial charge in [0.15, 0.2) is 0 Å². The molecule has 0 saturated carbocycles. The summed E-state index contributed by atoms with van der Waals surface area (Å²) in [7, 11) is 0. The van der Waals surface area contributed by atoms with Crippen LogP contribution in [-0.4, -0.2) is 24.2 Å². The minimum Gasteiger partial charge on any atom is -0.481 e. The first-order valence-electron chi connectivity index (χ1n) is 7.11. The first-order valence-corrected chi connectivity index (χ1v) is 8.34. The zero-order chi connectivity index (χ0) is 14.8. The molecule has 1 rings (SSSR count). The quantitative estimate of drug-likeness (QED) is 0.701. The predicted molar refractivity (Wildman–Crippen MR) is 89.3 cm³/mol. The maximum atomic E-state index is 5.57. The third-order valence-electron chi connectivity index (χ3n) is 3.77. The fraction of sp³-hybridized carbons (Fsp3) is 0.529. The summed E-state index contributed by atoms with van der Waals surface area (Å²) >= 11 is 1.95. The smallest absolute Gasteiger partial charge is 0.148 e. The van der Waals surface area contributed by atoms with Crippen LogP contribution in [0.3, 0.4) is 0 Å². The molecule has 0 aliphatic heterocycles. The van der Waals surface area contributed by atoms with E-state index in [0.29, 0.717) is 11.4 Å². The van der Waals surface area contributed by atoms with Gasteiger partial charge in [0.25, 0.3) is 0 Å². The summed E-state index contributed by atoms with van der Waals surface area (Å²) in [4.78, 5) is 0. The van der Waals surface area contributed by atoms with Crippen LogP contribution in [0.25, 0.3) is 0 Å². The van der Waals surface area contributed by atoms with Crippen LogP contribution >= 0.6 is 11.8 Å². The number of para-hydroxylation sites is 1. The number of rotatable bonds is 9. The van der Waals surface area contributed by atoms with Crippen LogP contribution in [0.15, 0.2) is 24.3 Å². The van der Waals surface area contributed by atoms with E-state index in [9.17, 15) is 0 Å². The van der Waals surface area contributed by atoms with Crippen molar-refractivity contribution in [2.75, 3.05) is 19.4 Å². The van der Waals surface area contributed by atoms with Crippen LogP contribution in [0.2, 0.25) is 0 Å². The zero-order valence-corrected chi connectivity index (χ0v) is 13.6. The second-order valence-corrected chi connectivity index (χ2v) is 6.07. The second-order valence-electron chi connectivity index (χ2n) is 4.80. The van der Waals surface area contributed by atoms with Gasteiger partial charge in [-0.3, -0.25) is 0 Å². The van der Waals surface area contributed by atoms with Gasteiger partial charge >= 0.3 is 0 Å². The van der Waals surface area contributed by atoms with Crippen molar-refractivity contribution in [2.24, 2.45) is 0 Å². The van der Waals surface area contributed by atoms with Gasteiger partial charge in [-0.1, -0.05) is 38.0 Å². The molecule has 1 aromatic carbocycles. The third kappa shape index (κ3) is 4.77. The van der Waals surface area contributed by atoms with Crippen LogP contribution in [0.5, 0.6) is 5.75 Å². The summed E-state index contributed by atoms with van der Waals surface area (Å²) in [6.07, 6.45) is 9.78. The number of ether oxygens (including phenoxy) is 1. The molecule has 0 saturated heterocycles. The van der Waals surface area contributed by atoms with Crippen molar-refractivity contribution in [3.05, 3.63) is 29.8 Å². The molecule has 0 spiro atoms. The molecule has 0 radical (unpaired) electrons. The molecule has 3 heteroatoms. The number of terminal acetylenes is 1. The highest BCUT2D eigenvalue weighted by molar-refractivity contribution is 8.00. The van der Waals surface area contributed by atoms with Crippen molar-refractivity contribution in [1.29, 1.82) is 0 Å². The summed E-state index contributed by atoms with van der Waals surface area (Å²) in [6.45, 7) is 6.64. The molecular formula is C17H25NOS. The molecule has 110 valence electrons. The van der Waals surface area contributed by atoms with Crippen LogP contribution in [0.1, 0.15) is 32.3 Å². The standard InChI is InChI=1S/C17H25NOS/c1-5-12-19-16-11-9-8-10-15(16)13-18-14-17(6-2,7-3)20-4/h1,8-11,18H,6-7,12-14H2,2-4H3. The largest absolute Gasteiger partial charge is 0.481 e. The average Bonchev–Trinajstić information content (AvgIpc) is 2.51. The highest BCUT2D eigenvalue weighted by Gasteiger charge is 2.24. The Morgan fingerprint density at radius 2 is 2.00 bits per heavy atom. The van der Waals surface area contributed by atoms with Crippen LogP contribution in [0, 0.1) is 12.3 Å². The van der Waals surface area contributed by atoms with E-state index in [1.807, 2.05) is 30.0 Å². The minimum absolute atomic E-state index is 0.315. The molecule has 0 atom stereocenters. The molecule has 0 bridgehead atoms. The van der Waals surface area contributed by atoms with Gasteiger partial charge < -0.3 is 10.1 Å². The van der Waals surface area contributed by atoms with Crippen LogP contribution < -0.4 is 10.1 Å². The molecule has 0 aromatic heterocycles. The number of hydrogen-bond donors (Lipinski definition) is 1. The summed E-state index contributed by atoms with van der Waals surface area (Å²) in [6, 6.07) is 8.05. The third-order valence-corrected chi connectivity index (χ3v) is 5.36. The Morgan fingerprint density at radius 3 is 2.60 bits per heavy atom. The van der Waals surface area contributed by atoms with Crippen LogP contribution in [-0.2, 0) is 6.54 Å². The van der Waals surface area contributed by atoms with E-state index in [1.54, 1.807) is 0 Å². The summed E-state index contributed by atoms with van der Waals surface area (Å²) in [5.74, 6) is 3.38. The monoisotopic (exact) mass is 291 g/mol. The Kier molecular flexibility index (Phi) is 7.58. The molecule has 0 aliphatic carbocycles. The van der Waals surface area contributed by atoms with Crippen molar-refractivity contribution >= 4 is 11.8 Å². The topological polar surface area (TPSA) is 21.3 Å². The van der Waals surface area contributed by atoms with Gasteiger partial charge in [-0.15, -0.1) is 6.42 Å². The zero-order valence-electron chi connectivity index (χ0n) is 12.7. The fourth-order valence-electron chi connectivity index (χ4n) is 2.20. The lowest BCUT2D eigenvalue weighted by Gasteiger charge is -2.30. The van der Waals surface area contributed by atoms with E-state index < -0.39 is 0 Å². The van der Waals surface area contributed by atoms with Gasteiger partial charge in [0.2, 0.25) is 0 Å². The van der Waals surface area contributed by atoms with Crippen molar-refractivity contribution in [1.82, 2.24) is 5.32 Å². The fourth-order valence-corrected chi connectivity index (χ4v) is 3.02. The van der Waals surface area contributed by atoms with E-state index in [2.05, 4.69) is 37.4 Å². The van der Waals surface area contributed by atoms with E-state index in [1.165, 1.54) is 12.8 Å². The minimum atomic E-state index is 0.315. The Hall–Kier alpha value is -1.11. The highest BCUT2D eigenvalue weighted by Crippen LogP contribution is 2.29. The Balaban J connectivity index is 2.59.